The molecule has 0 N–H and O–H groups in total. The molecule has 2 aromatic heterocycles. The average Bonchev–Trinajstić information content (AvgIpc) is 2.40. The van der Waals surface area contributed by atoms with Crippen molar-refractivity contribution >= 4 is 11.6 Å². The Morgan fingerprint density at radius 2 is 1.45 bits per heavy atom. The van der Waals surface area contributed by atoms with E-state index in [2.05, 4.69) is 0 Å². The van der Waals surface area contributed by atoms with Crippen LogP contribution in [0.3, 0.4) is 0 Å². The second kappa shape index (κ2) is 7.28. The molecule has 0 amide bonds. The molecule has 0 unspecified atom stereocenters. The molecule has 20 heavy (non-hydrogen) atoms. The number of carbonyl (C=O) groups is 2. The monoisotopic (exact) mass is 272 g/mol. The van der Waals surface area contributed by atoms with Gasteiger partial charge in [0.2, 0.25) is 11.5 Å². The highest BCUT2D eigenvalue weighted by molar-refractivity contribution is 5.93. The van der Waals surface area contributed by atoms with Crippen LogP contribution in [0.1, 0.15) is 34.7 Å². The van der Waals surface area contributed by atoms with Crippen LogP contribution in [0.25, 0.3) is 0 Å². The number of aryl methyl sites for hydroxylation is 2. The van der Waals surface area contributed by atoms with Crippen molar-refractivity contribution < 1.29 is 18.7 Å². The van der Waals surface area contributed by atoms with E-state index in [1.807, 2.05) is 72.2 Å². The second-order valence-electron chi connectivity index (χ2n) is 4.56. The minimum atomic E-state index is 0.100. The number of aromatic nitrogens is 2. The van der Waals surface area contributed by atoms with Gasteiger partial charge in [-0.1, -0.05) is 0 Å². The highest BCUT2D eigenvalue weighted by Gasteiger charge is 2.08. The maximum Gasteiger partial charge on any atom is 0.248 e. The minimum absolute atomic E-state index is 0.100. The Labute approximate surface area is 119 Å². The van der Waals surface area contributed by atoms with Gasteiger partial charge in [-0.3, -0.25) is 9.59 Å². The van der Waals surface area contributed by atoms with E-state index in [0.717, 1.165) is 11.3 Å². The van der Waals surface area contributed by atoms with Crippen LogP contribution in [0.5, 0.6) is 0 Å². The maximum absolute atomic E-state index is 10.8. The van der Waals surface area contributed by atoms with Crippen LogP contribution >= 0.6 is 0 Å². The molecule has 0 saturated carbocycles. The molecule has 4 nitrogen and oxygen atoms in total. The fourth-order valence-corrected chi connectivity index (χ4v) is 1.62. The zero-order valence-electron chi connectivity index (χ0n) is 12.3. The first kappa shape index (κ1) is 15.7. The van der Waals surface area contributed by atoms with Gasteiger partial charge in [0.15, 0.2) is 24.4 Å². The van der Waals surface area contributed by atoms with Gasteiger partial charge < -0.3 is 0 Å². The largest absolute Gasteiger partial charge is 0.295 e. The third-order valence-corrected chi connectivity index (χ3v) is 2.80. The van der Waals surface area contributed by atoms with Gasteiger partial charge >= 0.3 is 0 Å². The molecule has 0 radical (unpaired) electrons. The Kier molecular flexibility index (Phi) is 5.72. The van der Waals surface area contributed by atoms with Crippen molar-refractivity contribution in [3.05, 3.63) is 60.2 Å². The first-order valence-electron chi connectivity index (χ1n) is 6.33. The van der Waals surface area contributed by atoms with Crippen LogP contribution in [0.4, 0.5) is 0 Å². The second-order valence-corrected chi connectivity index (χ2v) is 4.56. The molecule has 2 rings (SSSR count). The third-order valence-electron chi connectivity index (χ3n) is 2.80. The molecule has 0 aliphatic heterocycles. The molecule has 0 fully saturated rings. The van der Waals surface area contributed by atoms with Crippen LogP contribution in [0.15, 0.2) is 48.9 Å². The lowest BCUT2D eigenvalue weighted by molar-refractivity contribution is -0.673. The molecule has 0 aromatic carbocycles. The number of hydrogen-bond acceptors (Lipinski definition) is 2. The Balaban J connectivity index is 0.000000200. The van der Waals surface area contributed by atoms with Gasteiger partial charge in [0.1, 0.15) is 14.1 Å². The van der Waals surface area contributed by atoms with Crippen LogP contribution in [-0.2, 0) is 14.1 Å². The normalized spacial score (nSPS) is 9.40. The Bertz CT molecular complexity index is 604. The predicted molar refractivity (Wildman–Crippen MR) is 75.2 cm³/mol. The summed E-state index contributed by atoms with van der Waals surface area (Å²) in [5.74, 6) is 0.212. The van der Waals surface area contributed by atoms with Crippen LogP contribution in [-0.4, -0.2) is 11.6 Å². The summed E-state index contributed by atoms with van der Waals surface area (Å²) in [7, 11) is 3.78. The molecule has 0 saturated heterocycles. The van der Waals surface area contributed by atoms with Crippen molar-refractivity contribution in [1.82, 2.24) is 0 Å². The third kappa shape index (κ3) is 4.72. The standard InChI is InChI=1S/2C8H10NO/c1-7(10)8-3-5-9(2)6-4-8;1-7(10)8-5-3-4-6-9(8)2/h2*3-6H,1-2H3/q2*+1. The molecular formula is C16H20N2O2+2. The number of rotatable bonds is 2. The topological polar surface area (TPSA) is 41.9 Å². The average molecular weight is 272 g/mol. The van der Waals surface area contributed by atoms with E-state index in [-0.39, 0.29) is 11.6 Å². The summed E-state index contributed by atoms with van der Waals surface area (Å²) in [4.78, 5) is 21.6. The van der Waals surface area contributed by atoms with Crippen molar-refractivity contribution in [3.63, 3.8) is 0 Å². The van der Waals surface area contributed by atoms with Gasteiger partial charge in [-0.2, -0.15) is 4.57 Å². The molecule has 2 aromatic rings. The molecule has 2 heterocycles. The molecule has 0 aliphatic carbocycles. The quantitative estimate of drug-likeness (QED) is 0.613. The van der Waals surface area contributed by atoms with E-state index < -0.39 is 0 Å². The van der Waals surface area contributed by atoms with E-state index in [0.29, 0.717) is 0 Å². The van der Waals surface area contributed by atoms with Crippen molar-refractivity contribution in [2.45, 2.75) is 13.8 Å². The van der Waals surface area contributed by atoms with E-state index in [1.54, 1.807) is 13.8 Å². The number of nitrogens with zero attached hydrogens (tertiary/aromatic N) is 2. The fourth-order valence-electron chi connectivity index (χ4n) is 1.62. The molecular weight excluding hydrogens is 252 g/mol. The van der Waals surface area contributed by atoms with Crippen molar-refractivity contribution in [3.8, 4) is 0 Å². The summed E-state index contributed by atoms with van der Waals surface area (Å²) in [6, 6.07) is 9.18. The first-order chi connectivity index (χ1) is 9.41. The lowest BCUT2D eigenvalue weighted by Crippen LogP contribution is -2.34. The summed E-state index contributed by atoms with van der Waals surface area (Å²) in [6.07, 6.45) is 5.57. The van der Waals surface area contributed by atoms with E-state index >= 15 is 0 Å². The van der Waals surface area contributed by atoms with E-state index in [1.165, 1.54) is 0 Å². The number of pyridine rings is 2. The van der Waals surface area contributed by atoms with Crippen LogP contribution in [0, 0.1) is 0 Å². The summed E-state index contributed by atoms with van der Waals surface area (Å²) in [6.45, 7) is 3.13. The SMILES string of the molecule is CC(=O)c1cc[n+](C)cc1.CC(=O)c1cccc[n+]1C. The molecule has 0 atom stereocenters. The van der Waals surface area contributed by atoms with E-state index in [9.17, 15) is 9.59 Å². The van der Waals surface area contributed by atoms with Gasteiger partial charge in [0.05, 0.1) is 0 Å². The lowest BCUT2D eigenvalue weighted by Gasteiger charge is -1.91. The van der Waals surface area contributed by atoms with Gasteiger partial charge in [-0.25, -0.2) is 4.57 Å². The molecule has 104 valence electrons. The van der Waals surface area contributed by atoms with Crippen molar-refractivity contribution in [2.75, 3.05) is 0 Å². The van der Waals surface area contributed by atoms with Gasteiger partial charge in [-0.05, 0) is 13.0 Å². The van der Waals surface area contributed by atoms with E-state index in [4.69, 9.17) is 0 Å². The summed E-state index contributed by atoms with van der Waals surface area (Å²) in [5.41, 5.74) is 1.50. The number of hydrogen-bond donors (Lipinski definition) is 0. The molecule has 4 heteroatoms. The molecule has 0 bridgehead atoms. The Morgan fingerprint density at radius 3 is 1.85 bits per heavy atom. The maximum atomic E-state index is 10.8. The summed E-state index contributed by atoms with van der Waals surface area (Å²) in [5, 5.41) is 0. The number of Topliss-reactive ketones (excluding diaryl/α,β-unsaturated/α-hetero) is 2. The number of ketones is 2. The summed E-state index contributed by atoms with van der Waals surface area (Å²) >= 11 is 0. The first-order valence-corrected chi connectivity index (χ1v) is 6.33. The highest BCUT2D eigenvalue weighted by Crippen LogP contribution is 1.94. The molecule has 0 aliphatic rings. The zero-order valence-corrected chi connectivity index (χ0v) is 12.3. The number of carbonyl (C=O) groups excluding carboxylic acids is 2. The molecule has 0 spiro atoms. The summed E-state index contributed by atoms with van der Waals surface area (Å²) < 4.78 is 3.70. The van der Waals surface area contributed by atoms with Gasteiger partial charge in [0, 0.05) is 36.8 Å². The zero-order chi connectivity index (χ0) is 15.1. The predicted octanol–water partition coefficient (Wildman–Crippen LogP) is 1.43. The lowest BCUT2D eigenvalue weighted by atomic mass is 10.2. The fraction of sp³-hybridized carbons (Fsp3) is 0.250. The van der Waals surface area contributed by atoms with Crippen LogP contribution in [0.2, 0.25) is 0 Å². The Hall–Kier alpha value is -2.36. The smallest absolute Gasteiger partial charge is 0.248 e. The van der Waals surface area contributed by atoms with Gasteiger partial charge in [0.25, 0.3) is 0 Å². The van der Waals surface area contributed by atoms with Gasteiger partial charge in [-0.15, -0.1) is 0 Å². The van der Waals surface area contributed by atoms with Crippen LogP contribution < -0.4 is 9.13 Å². The Morgan fingerprint density at radius 1 is 0.850 bits per heavy atom. The minimum Gasteiger partial charge on any atom is -0.295 e. The van der Waals surface area contributed by atoms with Crippen molar-refractivity contribution in [1.29, 1.82) is 0 Å². The van der Waals surface area contributed by atoms with Crippen molar-refractivity contribution in [2.24, 2.45) is 14.1 Å². The highest BCUT2D eigenvalue weighted by atomic mass is 16.1.